The zero-order chi connectivity index (χ0) is 31.6. The lowest BCUT2D eigenvalue weighted by molar-refractivity contribution is -0.123. The van der Waals surface area contributed by atoms with Crippen LogP contribution in [0.25, 0.3) is 10.8 Å². The molecule has 1 unspecified atom stereocenters. The zero-order valence-corrected chi connectivity index (χ0v) is 27.4. The first-order valence-electron chi connectivity index (χ1n) is 15.6. The SMILES string of the molecule is COCCCN1C(=O)c2cccc3c(CC(=O)C4CCCN(S(=O)(=O)c5c(C)c(C)c6c(c5C)CC(C)(C)O6)C4)ccc1c23. The van der Waals surface area contributed by atoms with Crippen molar-refractivity contribution < 1.29 is 27.5 Å². The first-order chi connectivity index (χ1) is 20.9. The largest absolute Gasteiger partial charge is 0.487 e. The van der Waals surface area contributed by atoms with Crippen molar-refractivity contribution in [2.75, 3.05) is 38.3 Å². The number of fused-ring (bicyclic) bond motifs is 1. The smallest absolute Gasteiger partial charge is 0.258 e. The van der Waals surface area contributed by atoms with Crippen LogP contribution in [0.5, 0.6) is 5.75 Å². The predicted octanol–water partition coefficient (Wildman–Crippen LogP) is 5.69. The van der Waals surface area contributed by atoms with E-state index in [1.165, 1.54) is 4.31 Å². The Balaban J connectivity index is 1.25. The molecule has 3 aliphatic rings. The van der Waals surface area contributed by atoms with Crippen molar-refractivity contribution in [3.63, 3.8) is 0 Å². The first kappa shape index (κ1) is 30.7. The molecule has 1 saturated heterocycles. The van der Waals surface area contributed by atoms with E-state index in [1.807, 2.05) is 65.0 Å². The molecule has 6 rings (SSSR count). The van der Waals surface area contributed by atoms with Crippen molar-refractivity contribution in [2.24, 2.45) is 5.92 Å². The molecule has 0 aromatic heterocycles. The van der Waals surface area contributed by atoms with Crippen molar-refractivity contribution >= 4 is 38.2 Å². The number of sulfonamides is 1. The number of rotatable bonds is 9. The van der Waals surface area contributed by atoms with Gasteiger partial charge in [-0.2, -0.15) is 4.31 Å². The van der Waals surface area contributed by atoms with Gasteiger partial charge in [0, 0.05) is 68.6 Å². The van der Waals surface area contributed by atoms with Crippen LogP contribution in [-0.4, -0.2) is 63.4 Å². The number of carbonyl (C=O) groups excluding carboxylic acids is 2. The fraction of sp³-hybridized carbons (Fsp3) is 0.486. The van der Waals surface area contributed by atoms with Gasteiger partial charge in [-0.15, -0.1) is 0 Å². The Hall–Kier alpha value is -3.27. The first-order valence-corrected chi connectivity index (χ1v) is 17.0. The highest BCUT2D eigenvalue weighted by Crippen LogP contribution is 2.45. The molecule has 1 amide bonds. The van der Waals surface area contributed by atoms with Gasteiger partial charge >= 0.3 is 0 Å². The third kappa shape index (κ3) is 5.03. The molecule has 3 heterocycles. The number of carbonyl (C=O) groups is 2. The molecular weight excluding hydrogens is 576 g/mol. The van der Waals surface area contributed by atoms with E-state index in [-0.39, 0.29) is 30.3 Å². The van der Waals surface area contributed by atoms with Crippen LogP contribution in [0.1, 0.15) is 71.3 Å². The van der Waals surface area contributed by atoms with E-state index < -0.39 is 15.9 Å². The maximum Gasteiger partial charge on any atom is 0.258 e. The van der Waals surface area contributed by atoms with E-state index in [4.69, 9.17) is 9.47 Å². The molecule has 1 fully saturated rings. The lowest BCUT2D eigenvalue weighted by atomic mass is 9.89. The highest BCUT2D eigenvalue weighted by molar-refractivity contribution is 7.89. The maximum atomic E-state index is 14.2. The third-order valence-electron chi connectivity index (χ3n) is 9.70. The number of nitrogens with zero attached hydrogens (tertiary/aromatic N) is 2. The number of hydrogen-bond donors (Lipinski definition) is 0. The Morgan fingerprint density at radius 1 is 1.09 bits per heavy atom. The molecule has 44 heavy (non-hydrogen) atoms. The number of amides is 1. The average molecular weight is 619 g/mol. The van der Waals surface area contributed by atoms with Crippen LogP contribution in [0.15, 0.2) is 35.2 Å². The molecule has 0 N–H and O–H groups in total. The Morgan fingerprint density at radius 2 is 1.86 bits per heavy atom. The quantitative estimate of drug-likeness (QED) is 0.286. The van der Waals surface area contributed by atoms with Crippen LogP contribution < -0.4 is 9.64 Å². The summed E-state index contributed by atoms with van der Waals surface area (Å²) in [7, 11) is -2.18. The summed E-state index contributed by atoms with van der Waals surface area (Å²) >= 11 is 0. The minimum Gasteiger partial charge on any atom is -0.487 e. The van der Waals surface area contributed by atoms with Gasteiger partial charge in [-0.25, -0.2) is 8.42 Å². The average Bonchev–Trinajstić information content (AvgIpc) is 3.47. The molecule has 0 saturated carbocycles. The van der Waals surface area contributed by atoms with Crippen molar-refractivity contribution in [1.82, 2.24) is 4.31 Å². The standard InChI is InChI=1S/C35H42N2O6S/c1-21-22(2)33(23(3)28-19-35(4,5)43-32(21)28)44(40,41)36-15-8-10-25(20-36)30(38)18-24-13-14-29-31-26(24)11-7-12-27(31)34(39)37(29)16-9-17-42-6/h7,11-14,25H,8-10,15-20H2,1-6H3. The molecule has 0 spiro atoms. The molecular formula is C35H42N2O6S. The maximum absolute atomic E-state index is 14.2. The third-order valence-corrected chi connectivity index (χ3v) is 11.8. The van der Waals surface area contributed by atoms with Crippen LogP contribution in [0.3, 0.4) is 0 Å². The molecule has 3 aromatic rings. The number of Topliss-reactive ketones (excluding diaryl/α,β-unsaturated/α-hetero) is 1. The lowest BCUT2D eigenvalue weighted by Crippen LogP contribution is -2.43. The van der Waals surface area contributed by atoms with E-state index in [1.54, 1.807) is 12.0 Å². The van der Waals surface area contributed by atoms with Crippen LogP contribution in [0.2, 0.25) is 0 Å². The monoisotopic (exact) mass is 618 g/mol. The number of hydrogen-bond acceptors (Lipinski definition) is 6. The zero-order valence-electron chi connectivity index (χ0n) is 26.6. The second-order valence-corrected chi connectivity index (χ2v) is 15.0. The van der Waals surface area contributed by atoms with Gasteiger partial charge in [-0.05, 0) is 93.7 Å². The number of benzene rings is 3. The molecule has 234 valence electrons. The summed E-state index contributed by atoms with van der Waals surface area (Å²) in [5, 5.41) is 1.79. The summed E-state index contributed by atoms with van der Waals surface area (Å²) in [6.07, 6.45) is 2.86. The second-order valence-electron chi connectivity index (χ2n) is 13.2. The van der Waals surface area contributed by atoms with E-state index >= 15 is 0 Å². The van der Waals surface area contributed by atoms with Crippen LogP contribution in [-0.2, 0) is 32.4 Å². The van der Waals surface area contributed by atoms with E-state index in [0.717, 1.165) is 50.9 Å². The molecule has 9 heteroatoms. The summed E-state index contributed by atoms with van der Waals surface area (Å²) in [5.41, 5.74) is 5.30. The number of methoxy groups -OCH3 is 1. The predicted molar refractivity (Wildman–Crippen MR) is 171 cm³/mol. The van der Waals surface area contributed by atoms with Crippen LogP contribution in [0.4, 0.5) is 5.69 Å². The van der Waals surface area contributed by atoms with Crippen LogP contribution >= 0.6 is 0 Å². The summed E-state index contributed by atoms with van der Waals surface area (Å²) in [6, 6.07) is 9.58. The number of ketones is 1. The van der Waals surface area contributed by atoms with Gasteiger partial charge < -0.3 is 14.4 Å². The van der Waals surface area contributed by atoms with E-state index in [2.05, 4.69) is 0 Å². The summed E-state index contributed by atoms with van der Waals surface area (Å²) in [6.45, 7) is 11.4. The minimum atomic E-state index is -3.83. The topological polar surface area (TPSA) is 93.2 Å². The molecule has 8 nitrogen and oxygen atoms in total. The number of ether oxygens (including phenoxy) is 2. The van der Waals surface area contributed by atoms with Gasteiger partial charge in [-0.1, -0.05) is 18.2 Å². The lowest BCUT2D eigenvalue weighted by Gasteiger charge is -2.32. The van der Waals surface area contributed by atoms with Crippen molar-refractivity contribution in [2.45, 2.75) is 77.2 Å². The summed E-state index contributed by atoms with van der Waals surface area (Å²) in [4.78, 5) is 29.2. The Labute approximate surface area is 260 Å². The van der Waals surface area contributed by atoms with Gasteiger partial charge in [0.15, 0.2) is 0 Å². The Morgan fingerprint density at radius 3 is 2.61 bits per heavy atom. The van der Waals surface area contributed by atoms with Crippen molar-refractivity contribution in [1.29, 1.82) is 0 Å². The fourth-order valence-corrected chi connectivity index (χ4v) is 9.42. The van der Waals surface area contributed by atoms with E-state index in [0.29, 0.717) is 55.0 Å². The molecule has 0 bridgehead atoms. The van der Waals surface area contributed by atoms with E-state index in [9.17, 15) is 18.0 Å². The molecule has 3 aliphatic heterocycles. The highest BCUT2D eigenvalue weighted by Gasteiger charge is 2.40. The van der Waals surface area contributed by atoms with Crippen molar-refractivity contribution in [3.05, 3.63) is 63.7 Å². The summed E-state index contributed by atoms with van der Waals surface area (Å²) < 4.78 is 41.3. The van der Waals surface area contributed by atoms with Crippen molar-refractivity contribution in [3.8, 4) is 5.75 Å². The van der Waals surface area contributed by atoms with Gasteiger partial charge in [0.1, 0.15) is 17.1 Å². The van der Waals surface area contributed by atoms with Gasteiger partial charge in [0.05, 0.1) is 10.6 Å². The number of anilines is 1. The van der Waals surface area contributed by atoms with Gasteiger partial charge in [-0.3, -0.25) is 9.59 Å². The molecule has 0 radical (unpaired) electrons. The highest BCUT2D eigenvalue weighted by atomic mass is 32.2. The fourth-order valence-electron chi connectivity index (χ4n) is 7.37. The second kappa shape index (κ2) is 11.3. The molecule has 3 aromatic carbocycles. The van der Waals surface area contributed by atoms with Gasteiger partial charge in [0.2, 0.25) is 10.0 Å². The number of piperidine rings is 1. The Bertz CT molecular complexity index is 1790. The molecule has 0 aliphatic carbocycles. The molecule has 1 atom stereocenters. The van der Waals surface area contributed by atoms with Crippen LogP contribution in [0, 0.1) is 26.7 Å². The normalized spacial score (nSPS) is 19.5. The van der Waals surface area contributed by atoms with Gasteiger partial charge in [0.25, 0.3) is 5.91 Å². The minimum absolute atomic E-state index is 0.0270. The summed E-state index contributed by atoms with van der Waals surface area (Å²) in [5.74, 6) is 0.411. The Kier molecular flexibility index (Phi) is 7.87.